The summed E-state index contributed by atoms with van der Waals surface area (Å²) in [6.07, 6.45) is 1.96. The number of benzene rings is 2. The molecule has 0 aromatic heterocycles. The summed E-state index contributed by atoms with van der Waals surface area (Å²) in [5.74, 6) is -0.228. The fourth-order valence-corrected chi connectivity index (χ4v) is 2.26. The normalized spacial score (nSPS) is 12.2. The molecule has 1 unspecified atom stereocenters. The van der Waals surface area contributed by atoms with Gasteiger partial charge in [-0.25, -0.2) is 4.79 Å². The minimum absolute atomic E-state index is 0.0168. The summed E-state index contributed by atoms with van der Waals surface area (Å²) < 4.78 is 5.61. The zero-order valence-corrected chi connectivity index (χ0v) is 14.1. The summed E-state index contributed by atoms with van der Waals surface area (Å²) in [5, 5.41) is 17.0. The van der Waals surface area contributed by atoms with Crippen LogP contribution in [0.2, 0.25) is 0 Å². The Bertz CT molecular complexity index is 684. The molecule has 0 aliphatic carbocycles. The van der Waals surface area contributed by atoms with Gasteiger partial charge in [-0.15, -0.1) is 11.6 Å². The summed E-state index contributed by atoms with van der Waals surface area (Å²) in [4.78, 5) is 10.8. The molecule has 5 nitrogen and oxygen atoms in total. The molecule has 0 amide bonds. The van der Waals surface area contributed by atoms with Crippen molar-refractivity contribution >= 4 is 28.9 Å². The zero-order chi connectivity index (χ0) is 17.4. The van der Waals surface area contributed by atoms with Crippen LogP contribution < -0.4 is 4.74 Å². The highest BCUT2D eigenvalue weighted by Crippen LogP contribution is 2.22. The average Bonchev–Trinajstić information content (AvgIpc) is 2.59. The minimum Gasteiger partial charge on any atom is -0.492 e. The molecule has 0 saturated carbocycles. The molecule has 2 aromatic carbocycles. The third-order valence-electron chi connectivity index (χ3n) is 3.26. The molecule has 0 bridgehead atoms. The number of azo groups is 1. The number of nitrogens with zero attached hydrogens (tertiary/aromatic N) is 2. The predicted octanol–water partition coefficient (Wildman–Crippen LogP) is 5.59. The van der Waals surface area contributed by atoms with E-state index in [0.29, 0.717) is 18.0 Å². The van der Waals surface area contributed by atoms with Crippen LogP contribution in [0.15, 0.2) is 58.8 Å². The number of carboxylic acids is 1. The van der Waals surface area contributed by atoms with Gasteiger partial charge in [-0.05, 0) is 55.0 Å². The van der Waals surface area contributed by atoms with Crippen LogP contribution in [0, 0.1) is 0 Å². The number of carboxylic acid groups (broad SMARTS) is 1. The molecule has 0 spiro atoms. The second-order valence-corrected chi connectivity index (χ2v) is 5.86. The van der Waals surface area contributed by atoms with Gasteiger partial charge in [0.2, 0.25) is 0 Å². The minimum atomic E-state index is -0.966. The van der Waals surface area contributed by atoms with E-state index in [9.17, 15) is 4.79 Å². The van der Waals surface area contributed by atoms with Gasteiger partial charge in [0.15, 0.2) is 0 Å². The van der Waals surface area contributed by atoms with Gasteiger partial charge in [0, 0.05) is 0 Å². The SMILES string of the molecule is CCCC(Cl)COc1ccc(N=Nc2ccc(C(=O)O)cc2)cc1. The molecular formula is C18H19ClN2O3. The number of aromatic carboxylic acids is 1. The van der Waals surface area contributed by atoms with Crippen LogP contribution >= 0.6 is 11.6 Å². The topological polar surface area (TPSA) is 71.2 Å². The van der Waals surface area contributed by atoms with Gasteiger partial charge in [-0.1, -0.05) is 13.3 Å². The fourth-order valence-electron chi connectivity index (χ4n) is 1.98. The average molecular weight is 347 g/mol. The third kappa shape index (κ3) is 5.66. The van der Waals surface area contributed by atoms with E-state index < -0.39 is 5.97 Å². The zero-order valence-electron chi connectivity index (χ0n) is 13.4. The van der Waals surface area contributed by atoms with Crippen LogP contribution in [-0.2, 0) is 0 Å². The smallest absolute Gasteiger partial charge is 0.335 e. The van der Waals surface area contributed by atoms with E-state index in [1.807, 2.05) is 12.1 Å². The number of alkyl halides is 1. The lowest BCUT2D eigenvalue weighted by Crippen LogP contribution is -2.11. The van der Waals surface area contributed by atoms with Crippen LogP contribution in [0.4, 0.5) is 11.4 Å². The standard InChI is InChI=1S/C18H19ClN2O3/c1-2-3-14(19)12-24-17-10-8-16(9-11-17)21-20-15-6-4-13(5-7-15)18(22)23/h4-11,14H,2-3,12H2,1H3,(H,22,23). The van der Waals surface area contributed by atoms with Gasteiger partial charge in [-0.3, -0.25) is 0 Å². The first-order chi connectivity index (χ1) is 11.6. The molecule has 2 aromatic rings. The molecule has 24 heavy (non-hydrogen) atoms. The van der Waals surface area contributed by atoms with Gasteiger partial charge in [0.25, 0.3) is 0 Å². The Morgan fingerprint density at radius 1 is 1.08 bits per heavy atom. The molecule has 0 radical (unpaired) electrons. The molecule has 0 heterocycles. The number of hydrogen-bond acceptors (Lipinski definition) is 4. The molecule has 2 rings (SSSR count). The summed E-state index contributed by atoms with van der Waals surface area (Å²) in [6.45, 7) is 2.57. The Labute approximate surface area is 145 Å². The number of rotatable bonds is 8. The van der Waals surface area contributed by atoms with Crippen molar-refractivity contribution in [2.75, 3.05) is 6.61 Å². The Morgan fingerprint density at radius 2 is 1.62 bits per heavy atom. The number of halogens is 1. The third-order valence-corrected chi connectivity index (χ3v) is 3.61. The number of hydrogen-bond donors (Lipinski definition) is 1. The van der Waals surface area contributed by atoms with Crippen LogP contribution in [-0.4, -0.2) is 23.1 Å². The lowest BCUT2D eigenvalue weighted by Gasteiger charge is -2.10. The second-order valence-electron chi connectivity index (χ2n) is 5.24. The van der Waals surface area contributed by atoms with Crippen molar-refractivity contribution in [1.29, 1.82) is 0 Å². The fraction of sp³-hybridized carbons (Fsp3) is 0.278. The van der Waals surface area contributed by atoms with Gasteiger partial charge in [0.1, 0.15) is 12.4 Å². The molecule has 1 atom stereocenters. The van der Waals surface area contributed by atoms with E-state index in [1.165, 1.54) is 12.1 Å². The van der Waals surface area contributed by atoms with Gasteiger partial charge < -0.3 is 9.84 Å². The Kier molecular flexibility index (Phi) is 6.75. The van der Waals surface area contributed by atoms with Gasteiger partial charge in [0.05, 0.1) is 22.3 Å². The molecule has 6 heteroatoms. The van der Waals surface area contributed by atoms with Crippen molar-refractivity contribution in [3.05, 3.63) is 54.1 Å². The Balaban J connectivity index is 1.92. The monoisotopic (exact) mass is 346 g/mol. The van der Waals surface area contributed by atoms with E-state index in [-0.39, 0.29) is 10.9 Å². The van der Waals surface area contributed by atoms with E-state index >= 15 is 0 Å². The van der Waals surface area contributed by atoms with Crippen molar-refractivity contribution in [3.8, 4) is 5.75 Å². The molecule has 126 valence electrons. The maximum absolute atomic E-state index is 10.8. The first kappa shape index (κ1) is 17.9. The molecule has 0 fully saturated rings. The summed E-state index contributed by atoms with van der Waals surface area (Å²) in [7, 11) is 0. The van der Waals surface area contributed by atoms with Crippen molar-refractivity contribution in [2.24, 2.45) is 10.2 Å². The highest BCUT2D eigenvalue weighted by atomic mass is 35.5. The van der Waals surface area contributed by atoms with Gasteiger partial charge >= 0.3 is 5.97 Å². The van der Waals surface area contributed by atoms with Crippen LogP contribution in [0.3, 0.4) is 0 Å². The first-order valence-electron chi connectivity index (χ1n) is 7.70. The predicted molar refractivity (Wildman–Crippen MR) is 94.1 cm³/mol. The van der Waals surface area contributed by atoms with E-state index in [0.717, 1.165) is 18.6 Å². The summed E-state index contributed by atoms with van der Waals surface area (Å²) >= 11 is 6.12. The number of carbonyl (C=O) groups is 1. The molecule has 0 aliphatic heterocycles. The maximum atomic E-state index is 10.8. The van der Waals surface area contributed by atoms with Crippen molar-refractivity contribution in [3.63, 3.8) is 0 Å². The van der Waals surface area contributed by atoms with E-state index in [1.54, 1.807) is 24.3 Å². The van der Waals surface area contributed by atoms with Crippen LogP contribution in [0.25, 0.3) is 0 Å². The molecule has 0 aliphatic rings. The first-order valence-corrected chi connectivity index (χ1v) is 8.14. The van der Waals surface area contributed by atoms with Crippen LogP contribution in [0.5, 0.6) is 5.75 Å². The largest absolute Gasteiger partial charge is 0.492 e. The Morgan fingerprint density at radius 3 is 2.12 bits per heavy atom. The lowest BCUT2D eigenvalue weighted by molar-refractivity contribution is 0.0697. The highest BCUT2D eigenvalue weighted by molar-refractivity contribution is 6.20. The molecule has 1 N–H and O–H groups in total. The quantitative estimate of drug-likeness (QED) is 0.500. The van der Waals surface area contributed by atoms with Crippen molar-refractivity contribution < 1.29 is 14.6 Å². The second kappa shape index (κ2) is 9.03. The molecule has 0 saturated heterocycles. The van der Waals surface area contributed by atoms with Crippen molar-refractivity contribution in [2.45, 2.75) is 25.1 Å². The lowest BCUT2D eigenvalue weighted by atomic mass is 10.2. The van der Waals surface area contributed by atoms with Gasteiger partial charge in [-0.2, -0.15) is 10.2 Å². The Hall–Kier alpha value is -2.40. The molecular weight excluding hydrogens is 328 g/mol. The van der Waals surface area contributed by atoms with E-state index in [2.05, 4.69) is 17.2 Å². The maximum Gasteiger partial charge on any atom is 0.335 e. The van der Waals surface area contributed by atoms with Crippen molar-refractivity contribution in [1.82, 2.24) is 0 Å². The highest BCUT2D eigenvalue weighted by Gasteiger charge is 2.04. The number of ether oxygens (including phenoxy) is 1. The summed E-state index contributed by atoms with van der Waals surface area (Å²) in [6, 6.07) is 13.4. The van der Waals surface area contributed by atoms with Crippen LogP contribution in [0.1, 0.15) is 30.1 Å². The van der Waals surface area contributed by atoms with E-state index in [4.69, 9.17) is 21.4 Å². The summed E-state index contributed by atoms with van der Waals surface area (Å²) in [5.41, 5.74) is 1.49.